The van der Waals surface area contributed by atoms with Crippen LogP contribution in [0.3, 0.4) is 0 Å². The van der Waals surface area contributed by atoms with Gasteiger partial charge in [0.2, 0.25) is 0 Å². The molecule has 0 saturated carbocycles. The SMILES string of the molecule is CC(C)N(CCCOc1ccc(C(=O)c2ccc(N)c(N)c2)cc1)C(C)C. The smallest absolute Gasteiger partial charge is 0.193 e. The molecule has 0 heterocycles. The van der Waals surface area contributed by atoms with E-state index in [2.05, 4.69) is 32.6 Å². The van der Waals surface area contributed by atoms with E-state index in [4.69, 9.17) is 16.2 Å². The number of nitrogen functional groups attached to an aromatic ring is 2. The van der Waals surface area contributed by atoms with Crippen LogP contribution in [0, 0.1) is 0 Å². The lowest BCUT2D eigenvalue weighted by molar-refractivity contribution is 0.103. The normalized spacial score (nSPS) is 11.4. The molecule has 0 amide bonds. The molecule has 146 valence electrons. The van der Waals surface area contributed by atoms with Crippen LogP contribution in [0.25, 0.3) is 0 Å². The molecule has 0 aliphatic carbocycles. The molecule has 27 heavy (non-hydrogen) atoms. The average Bonchev–Trinajstić information content (AvgIpc) is 2.63. The first-order chi connectivity index (χ1) is 12.8. The fourth-order valence-electron chi connectivity index (χ4n) is 3.14. The largest absolute Gasteiger partial charge is 0.494 e. The van der Waals surface area contributed by atoms with Crippen molar-refractivity contribution in [1.29, 1.82) is 0 Å². The molecular weight excluding hydrogens is 338 g/mol. The molecule has 0 spiro atoms. The van der Waals surface area contributed by atoms with E-state index in [0.29, 0.717) is 41.2 Å². The van der Waals surface area contributed by atoms with Gasteiger partial charge in [-0.2, -0.15) is 0 Å². The highest BCUT2D eigenvalue weighted by molar-refractivity contribution is 6.09. The van der Waals surface area contributed by atoms with Crippen molar-refractivity contribution in [2.24, 2.45) is 0 Å². The second-order valence-corrected chi connectivity index (χ2v) is 7.32. The van der Waals surface area contributed by atoms with E-state index in [9.17, 15) is 4.79 Å². The van der Waals surface area contributed by atoms with Crippen molar-refractivity contribution in [2.45, 2.75) is 46.2 Å². The Balaban J connectivity index is 1.89. The third-order valence-corrected chi connectivity index (χ3v) is 4.62. The van der Waals surface area contributed by atoms with Crippen molar-refractivity contribution in [3.63, 3.8) is 0 Å². The van der Waals surface area contributed by atoms with Gasteiger partial charge in [0.05, 0.1) is 18.0 Å². The molecule has 5 nitrogen and oxygen atoms in total. The number of carbonyl (C=O) groups is 1. The van der Waals surface area contributed by atoms with Gasteiger partial charge in [-0.1, -0.05) is 0 Å². The maximum atomic E-state index is 12.5. The second kappa shape index (κ2) is 9.42. The maximum Gasteiger partial charge on any atom is 0.193 e. The summed E-state index contributed by atoms with van der Waals surface area (Å²) in [7, 11) is 0. The van der Waals surface area contributed by atoms with Gasteiger partial charge in [0.25, 0.3) is 0 Å². The van der Waals surface area contributed by atoms with Crippen molar-refractivity contribution >= 4 is 17.2 Å². The van der Waals surface area contributed by atoms with Crippen LogP contribution in [0.4, 0.5) is 11.4 Å². The minimum absolute atomic E-state index is 0.0854. The highest BCUT2D eigenvalue weighted by Crippen LogP contribution is 2.20. The Morgan fingerprint density at radius 1 is 0.926 bits per heavy atom. The summed E-state index contributed by atoms with van der Waals surface area (Å²) in [5.41, 5.74) is 13.5. The van der Waals surface area contributed by atoms with Crippen molar-refractivity contribution < 1.29 is 9.53 Å². The molecule has 0 atom stereocenters. The van der Waals surface area contributed by atoms with Crippen LogP contribution in [-0.4, -0.2) is 35.9 Å². The van der Waals surface area contributed by atoms with Gasteiger partial charge in [-0.25, -0.2) is 0 Å². The molecule has 0 saturated heterocycles. The fourth-order valence-corrected chi connectivity index (χ4v) is 3.14. The molecule has 0 unspecified atom stereocenters. The summed E-state index contributed by atoms with van der Waals surface area (Å²) in [5, 5.41) is 0. The van der Waals surface area contributed by atoms with Gasteiger partial charge in [-0.3, -0.25) is 9.69 Å². The van der Waals surface area contributed by atoms with Gasteiger partial charge in [0.15, 0.2) is 5.78 Å². The van der Waals surface area contributed by atoms with E-state index in [1.54, 1.807) is 30.3 Å². The van der Waals surface area contributed by atoms with Crippen LogP contribution >= 0.6 is 0 Å². The van der Waals surface area contributed by atoms with E-state index in [1.807, 2.05) is 12.1 Å². The fraction of sp³-hybridized carbons (Fsp3) is 0.409. The average molecular weight is 370 g/mol. The summed E-state index contributed by atoms with van der Waals surface area (Å²) in [6, 6.07) is 13.2. The number of nitrogens with zero attached hydrogens (tertiary/aromatic N) is 1. The van der Waals surface area contributed by atoms with Crippen LogP contribution in [0.15, 0.2) is 42.5 Å². The lowest BCUT2D eigenvalue weighted by Gasteiger charge is -2.30. The predicted octanol–water partition coefficient (Wildman–Crippen LogP) is 3.97. The molecule has 0 fully saturated rings. The van der Waals surface area contributed by atoms with Crippen LogP contribution in [0.2, 0.25) is 0 Å². The van der Waals surface area contributed by atoms with E-state index >= 15 is 0 Å². The zero-order valence-electron chi connectivity index (χ0n) is 16.7. The highest BCUT2D eigenvalue weighted by atomic mass is 16.5. The zero-order valence-corrected chi connectivity index (χ0v) is 16.7. The van der Waals surface area contributed by atoms with Crippen LogP contribution in [0.1, 0.15) is 50.0 Å². The van der Waals surface area contributed by atoms with Gasteiger partial charge in [-0.15, -0.1) is 0 Å². The monoisotopic (exact) mass is 369 g/mol. The number of hydrogen-bond acceptors (Lipinski definition) is 5. The van der Waals surface area contributed by atoms with Crippen LogP contribution in [-0.2, 0) is 0 Å². The summed E-state index contributed by atoms with van der Waals surface area (Å²) >= 11 is 0. The van der Waals surface area contributed by atoms with Crippen LogP contribution < -0.4 is 16.2 Å². The predicted molar refractivity (Wildman–Crippen MR) is 112 cm³/mol. The van der Waals surface area contributed by atoms with Crippen LogP contribution in [0.5, 0.6) is 5.75 Å². The molecular formula is C22H31N3O2. The Hall–Kier alpha value is -2.53. The molecule has 0 aliphatic heterocycles. The van der Waals surface area contributed by atoms with Gasteiger partial charge in [0, 0.05) is 29.8 Å². The third-order valence-electron chi connectivity index (χ3n) is 4.62. The first-order valence-corrected chi connectivity index (χ1v) is 9.48. The maximum absolute atomic E-state index is 12.5. The number of anilines is 2. The molecule has 0 bridgehead atoms. The van der Waals surface area contributed by atoms with E-state index in [0.717, 1.165) is 18.7 Å². The molecule has 2 rings (SSSR count). The number of benzene rings is 2. The topological polar surface area (TPSA) is 81.6 Å². The molecule has 0 aliphatic rings. The lowest BCUT2D eigenvalue weighted by Crippen LogP contribution is -2.38. The third kappa shape index (κ3) is 5.73. The Labute approximate surface area is 162 Å². The van der Waals surface area contributed by atoms with Crippen molar-refractivity contribution in [3.8, 4) is 5.75 Å². The first-order valence-electron chi connectivity index (χ1n) is 9.48. The minimum atomic E-state index is -0.0854. The second-order valence-electron chi connectivity index (χ2n) is 7.32. The lowest BCUT2D eigenvalue weighted by atomic mass is 10.0. The number of ketones is 1. The summed E-state index contributed by atoms with van der Waals surface area (Å²) in [5.74, 6) is 0.682. The molecule has 2 aromatic rings. The number of ether oxygens (including phenoxy) is 1. The number of hydrogen-bond donors (Lipinski definition) is 2. The summed E-state index contributed by atoms with van der Waals surface area (Å²) in [6.45, 7) is 10.5. The van der Waals surface area contributed by atoms with E-state index in [-0.39, 0.29) is 5.78 Å². The molecule has 0 aromatic heterocycles. The Morgan fingerprint density at radius 3 is 2.07 bits per heavy atom. The van der Waals surface area contributed by atoms with E-state index < -0.39 is 0 Å². The van der Waals surface area contributed by atoms with Gasteiger partial charge in [0.1, 0.15) is 5.75 Å². The van der Waals surface area contributed by atoms with Gasteiger partial charge >= 0.3 is 0 Å². The molecule has 0 radical (unpaired) electrons. The quantitative estimate of drug-likeness (QED) is 0.397. The number of carbonyl (C=O) groups excluding carboxylic acids is 1. The zero-order chi connectivity index (χ0) is 20.0. The molecule has 5 heteroatoms. The Kier molecular flexibility index (Phi) is 7.25. The van der Waals surface area contributed by atoms with E-state index in [1.165, 1.54) is 0 Å². The Morgan fingerprint density at radius 2 is 1.52 bits per heavy atom. The standard InChI is InChI=1S/C22H31N3O2/c1-15(2)25(16(3)4)12-5-13-27-19-9-6-17(7-10-19)22(26)18-8-11-20(23)21(24)14-18/h6-11,14-16H,5,12-13,23-24H2,1-4H3. The summed E-state index contributed by atoms with van der Waals surface area (Å²) < 4.78 is 5.82. The van der Waals surface area contributed by atoms with Crippen molar-refractivity contribution in [3.05, 3.63) is 53.6 Å². The number of rotatable bonds is 9. The van der Waals surface area contributed by atoms with Crippen molar-refractivity contribution in [2.75, 3.05) is 24.6 Å². The minimum Gasteiger partial charge on any atom is -0.494 e. The van der Waals surface area contributed by atoms with Gasteiger partial charge < -0.3 is 16.2 Å². The molecule has 4 N–H and O–H groups in total. The molecule has 2 aromatic carbocycles. The van der Waals surface area contributed by atoms with Gasteiger partial charge in [-0.05, 0) is 76.6 Å². The highest BCUT2D eigenvalue weighted by Gasteiger charge is 2.13. The first kappa shape index (κ1) is 20.8. The summed E-state index contributed by atoms with van der Waals surface area (Å²) in [6.07, 6.45) is 0.960. The van der Waals surface area contributed by atoms with Crippen molar-refractivity contribution in [1.82, 2.24) is 4.90 Å². The summed E-state index contributed by atoms with van der Waals surface area (Å²) in [4.78, 5) is 15.0. The number of nitrogens with two attached hydrogens (primary N) is 2. The Bertz CT molecular complexity index is 747.